The molecule has 1 spiro atoms. The predicted octanol–water partition coefficient (Wildman–Crippen LogP) is 0.894. The largest absolute Gasteiger partial charge is 0.491 e. The van der Waals surface area contributed by atoms with Gasteiger partial charge in [0.2, 0.25) is 0 Å². The van der Waals surface area contributed by atoms with Gasteiger partial charge in [0.15, 0.2) is 0 Å². The minimum absolute atomic E-state index is 0.0884. The smallest absolute Gasteiger partial charge is 0.124 e. The van der Waals surface area contributed by atoms with E-state index in [2.05, 4.69) is 11.4 Å². The van der Waals surface area contributed by atoms with Gasteiger partial charge >= 0.3 is 0 Å². The third-order valence-corrected chi connectivity index (χ3v) is 2.93. The lowest BCUT2D eigenvalue weighted by Gasteiger charge is -2.33. The Hall–Kier alpha value is -1.06. The summed E-state index contributed by atoms with van der Waals surface area (Å²) < 4.78 is 11.2. The molecule has 0 aromatic heterocycles. The predicted molar refractivity (Wildman–Crippen MR) is 52.4 cm³/mol. The van der Waals surface area contributed by atoms with Crippen molar-refractivity contribution >= 4 is 0 Å². The zero-order valence-corrected chi connectivity index (χ0v) is 7.95. The van der Waals surface area contributed by atoms with E-state index >= 15 is 0 Å². The molecule has 1 saturated heterocycles. The van der Waals surface area contributed by atoms with Crippen LogP contribution in [-0.2, 0) is 10.3 Å². The van der Waals surface area contributed by atoms with Crippen LogP contribution in [0.15, 0.2) is 24.3 Å². The molecule has 0 unspecified atom stereocenters. The van der Waals surface area contributed by atoms with Crippen LogP contribution in [0, 0.1) is 0 Å². The Kier molecular flexibility index (Phi) is 1.75. The molecular formula is C11H13NO2. The normalized spacial score (nSPS) is 30.0. The van der Waals surface area contributed by atoms with Crippen LogP contribution in [0.3, 0.4) is 0 Å². The van der Waals surface area contributed by atoms with Crippen molar-refractivity contribution in [2.45, 2.75) is 5.54 Å². The van der Waals surface area contributed by atoms with Gasteiger partial charge in [-0.2, -0.15) is 0 Å². The minimum Gasteiger partial charge on any atom is -0.491 e. The zero-order valence-electron chi connectivity index (χ0n) is 7.95. The van der Waals surface area contributed by atoms with Crippen LogP contribution in [0.1, 0.15) is 5.56 Å². The van der Waals surface area contributed by atoms with E-state index < -0.39 is 0 Å². The summed E-state index contributed by atoms with van der Waals surface area (Å²) in [4.78, 5) is 0. The van der Waals surface area contributed by atoms with Gasteiger partial charge in [-0.1, -0.05) is 18.2 Å². The highest BCUT2D eigenvalue weighted by Gasteiger charge is 2.41. The summed E-state index contributed by atoms with van der Waals surface area (Å²) in [6.45, 7) is 3.10. The minimum atomic E-state index is -0.0884. The first-order valence-corrected chi connectivity index (χ1v) is 4.96. The Morgan fingerprint density at radius 2 is 2.14 bits per heavy atom. The molecule has 1 N–H and O–H groups in total. The van der Waals surface area contributed by atoms with E-state index in [-0.39, 0.29) is 5.54 Å². The van der Waals surface area contributed by atoms with Crippen molar-refractivity contribution in [1.82, 2.24) is 5.32 Å². The first kappa shape index (κ1) is 8.26. The Morgan fingerprint density at radius 3 is 3.00 bits per heavy atom. The molecule has 2 aliphatic heterocycles. The van der Waals surface area contributed by atoms with Gasteiger partial charge in [-0.25, -0.2) is 0 Å². The molecule has 3 nitrogen and oxygen atoms in total. The molecule has 0 amide bonds. The SMILES string of the molecule is c1ccc2c(c1)OC[C@]21COCCN1. The lowest BCUT2D eigenvalue weighted by Crippen LogP contribution is -2.52. The van der Waals surface area contributed by atoms with Gasteiger partial charge in [0.25, 0.3) is 0 Å². The number of hydrogen-bond acceptors (Lipinski definition) is 3. The fraction of sp³-hybridized carbons (Fsp3) is 0.455. The van der Waals surface area contributed by atoms with Crippen LogP contribution in [0.25, 0.3) is 0 Å². The second kappa shape index (κ2) is 2.97. The topological polar surface area (TPSA) is 30.5 Å². The summed E-state index contributed by atoms with van der Waals surface area (Å²) in [6, 6.07) is 8.18. The van der Waals surface area contributed by atoms with Gasteiger partial charge in [-0.05, 0) is 6.07 Å². The van der Waals surface area contributed by atoms with E-state index in [1.54, 1.807) is 0 Å². The van der Waals surface area contributed by atoms with Crippen LogP contribution in [0.5, 0.6) is 5.75 Å². The van der Waals surface area contributed by atoms with E-state index in [1.807, 2.05) is 18.2 Å². The van der Waals surface area contributed by atoms with Gasteiger partial charge in [0.05, 0.1) is 13.2 Å². The van der Waals surface area contributed by atoms with E-state index in [1.165, 1.54) is 5.56 Å². The number of benzene rings is 1. The summed E-state index contributed by atoms with van der Waals surface area (Å²) in [5.74, 6) is 0.991. The third-order valence-electron chi connectivity index (χ3n) is 2.93. The Labute approximate surface area is 83.0 Å². The molecule has 1 fully saturated rings. The van der Waals surface area contributed by atoms with E-state index in [0.29, 0.717) is 13.2 Å². The summed E-state index contributed by atoms with van der Waals surface area (Å²) in [5, 5.41) is 3.50. The number of hydrogen-bond donors (Lipinski definition) is 1. The van der Waals surface area contributed by atoms with Crippen LogP contribution >= 0.6 is 0 Å². The Balaban J connectivity index is 2.03. The van der Waals surface area contributed by atoms with Crippen LogP contribution in [-0.4, -0.2) is 26.4 Å². The molecule has 0 radical (unpaired) electrons. The number of fused-ring (bicyclic) bond motifs is 2. The quantitative estimate of drug-likeness (QED) is 0.660. The maximum Gasteiger partial charge on any atom is 0.124 e. The van der Waals surface area contributed by atoms with Crippen molar-refractivity contribution < 1.29 is 9.47 Å². The lowest BCUT2D eigenvalue weighted by atomic mass is 9.92. The molecule has 0 bridgehead atoms. The fourth-order valence-electron chi connectivity index (χ4n) is 2.19. The summed E-state index contributed by atoms with van der Waals surface area (Å²) in [6.07, 6.45) is 0. The van der Waals surface area contributed by atoms with E-state index in [9.17, 15) is 0 Å². The number of para-hydroxylation sites is 1. The number of morpholine rings is 1. The van der Waals surface area contributed by atoms with Crippen molar-refractivity contribution in [3.8, 4) is 5.75 Å². The highest BCUT2D eigenvalue weighted by atomic mass is 16.5. The molecule has 1 aromatic carbocycles. The third kappa shape index (κ3) is 1.06. The second-order valence-electron chi connectivity index (χ2n) is 3.85. The molecule has 3 heteroatoms. The first-order valence-electron chi connectivity index (χ1n) is 4.96. The second-order valence-corrected chi connectivity index (χ2v) is 3.85. The molecule has 2 aliphatic rings. The van der Waals surface area contributed by atoms with Crippen LogP contribution in [0.2, 0.25) is 0 Å². The molecule has 74 valence electrons. The van der Waals surface area contributed by atoms with Gasteiger partial charge in [0, 0.05) is 12.1 Å². The number of ether oxygens (including phenoxy) is 2. The molecule has 14 heavy (non-hydrogen) atoms. The van der Waals surface area contributed by atoms with Crippen molar-refractivity contribution in [3.63, 3.8) is 0 Å². The number of rotatable bonds is 0. The zero-order chi connectivity index (χ0) is 9.43. The maximum atomic E-state index is 5.65. The standard InChI is InChI=1S/C11H13NO2/c1-2-4-10-9(3-1)11(8-14-10)7-13-6-5-12-11/h1-4,12H,5-8H2/t11-/m1/s1. The summed E-state index contributed by atoms with van der Waals surface area (Å²) in [5.41, 5.74) is 1.15. The lowest BCUT2D eigenvalue weighted by molar-refractivity contribution is 0.0160. The van der Waals surface area contributed by atoms with Gasteiger partial charge in [0.1, 0.15) is 17.9 Å². The van der Waals surface area contributed by atoms with Crippen molar-refractivity contribution in [2.24, 2.45) is 0 Å². The summed E-state index contributed by atoms with van der Waals surface area (Å²) >= 11 is 0. The first-order chi connectivity index (χ1) is 6.91. The highest BCUT2D eigenvalue weighted by Crippen LogP contribution is 2.37. The monoisotopic (exact) mass is 191 g/mol. The maximum absolute atomic E-state index is 5.65. The molecule has 0 saturated carbocycles. The molecule has 1 atom stereocenters. The van der Waals surface area contributed by atoms with Gasteiger partial charge in [-0.15, -0.1) is 0 Å². The molecule has 0 aliphatic carbocycles. The highest BCUT2D eigenvalue weighted by molar-refractivity contribution is 5.43. The molecular weight excluding hydrogens is 178 g/mol. The average molecular weight is 191 g/mol. The molecule has 3 rings (SSSR count). The van der Waals surface area contributed by atoms with Gasteiger partial charge < -0.3 is 14.8 Å². The van der Waals surface area contributed by atoms with Gasteiger partial charge in [-0.3, -0.25) is 0 Å². The summed E-state index contributed by atoms with van der Waals surface area (Å²) in [7, 11) is 0. The van der Waals surface area contributed by atoms with Crippen LogP contribution < -0.4 is 10.1 Å². The van der Waals surface area contributed by atoms with E-state index in [4.69, 9.17) is 9.47 Å². The van der Waals surface area contributed by atoms with E-state index in [0.717, 1.165) is 18.9 Å². The number of nitrogens with one attached hydrogen (secondary N) is 1. The molecule has 1 aromatic rings. The Bertz CT molecular complexity index is 339. The average Bonchev–Trinajstić information content (AvgIpc) is 2.60. The van der Waals surface area contributed by atoms with Crippen LogP contribution in [0.4, 0.5) is 0 Å². The Morgan fingerprint density at radius 1 is 1.21 bits per heavy atom. The van der Waals surface area contributed by atoms with Crippen molar-refractivity contribution in [2.75, 3.05) is 26.4 Å². The molecule has 2 heterocycles. The fourth-order valence-corrected chi connectivity index (χ4v) is 2.19. The van der Waals surface area contributed by atoms with Crippen molar-refractivity contribution in [1.29, 1.82) is 0 Å². The van der Waals surface area contributed by atoms with Crippen molar-refractivity contribution in [3.05, 3.63) is 29.8 Å².